The third-order valence-corrected chi connectivity index (χ3v) is 2.03. The zero-order chi connectivity index (χ0) is 9.68. The second kappa shape index (κ2) is 4.79. The molecule has 72 valence electrons. The maximum atomic E-state index is 5.72. The molecule has 0 aromatic carbocycles. The molecule has 4 nitrogen and oxygen atoms in total. The molecule has 0 saturated heterocycles. The lowest BCUT2D eigenvalue weighted by atomic mass is 10.0. The molecule has 0 aliphatic carbocycles. The molecule has 1 atom stereocenters. The number of aromatic nitrogens is 1. The standard InChI is InChI=1S/C9H16N4/c1-2-4-8(13-11)7-5-3-6-12-9(7)10/h3,5-6,8,13H,2,4,11H2,1H3,(H2,10,12). The van der Waals surface area contributed by atoms with Gasteiger partial charge >= 0.3 is 0 Å². The molecule has 1 aromatic rings. The highest BCUT2D eigenvalue weighted by Crippen LogP contribution is 2.20. The fourth-order valence-corrected chi connectivity index (χ4v) is 1.34. The second-order valence-electron chi connectivity index (χ2n) is 2.99. The van der Waals surface area contributed by atoms with E-state index >= 15 is 0 Å². The van der Waals surface area contributed by atoms with Crippen LogP contribution in [0.4, 0.5) is 5.82 Å². The average molecular weight is 180 g/mol. The van der Waals surface area contributed by atoms with Crippen molar-refractivity contribution in [2.45, 2.75) is 25.8 Å². The number of hydrogen-bond donors (Lipinski definition) is 3. The molecule has 4 heteroatoms. The van der Waals surface area contributed by atoms with E-state index < -0.39 is 0 Å². The first-order chi connectivity index (χ1) is 6.29. The van der Waals surface area contributed by atoms with Crippen molar-refractivity contribution >= 4 is 5.82 Å². The molecule has 0 radical (unpaired) electrons. The van der Waals surface area contributed by atoms with Gasteiger partial charge in [0.15, 0.2) is 0 Å². The fourth-order valence-electron chi connectivity index (χ4n) is 1.34. The first kappa shape index (κ1) is 9.95. The molecule has 0 fully saturated rings. The number of anilines is 1. The molecule has 0 bridgehead atoms. The van der Waals surface area contributed by atoms with Gasteiger partial charge in [-0.05, 0) is 12.5 Å². The van der Waals surface area contributed by atoms with E-state index in [1.54, 1.807) is 6.20 Å². The lowest BCUT2D eigenvalue weighted by molar-refractivity contribution is 0.510. The summed E-state index contributed by atoms with van der Waals surface area (Å²) in [5, 5.41) is 0. The van der Waals surface area contributed by atoms with E-state index in [0.29, 0.717) is 5.82 Å². The summed E-state index contributed by atoms with van der Waals surface area (Å²) in [5.74, 6) is 5.98. The van der Waals surface area contributed by atoms with Gasteiger partial charge in [-0.1, -0.05) is 19.4 Å². The predicted octanol–water partition coefficient (Wildman–Crippen LogP) is 0.968. The van der Waals surface area contributed by atoms with Crippen molar-refractivity contribution < 1.29 is 0 Å². The van der Waals surface area contributed by atoms with Crippen molar-refractivity contribution in [2.75, 3.05) is 5.73 Å². The fraction of sp³-hybridized carbons (Fsp3) is 0.444. The Balaban J connectivity index is 2.84. The normalized spacial score (nSPS) is 12.8. The molecule has 1 rings (SSSR count). The number of nitrogens with two attached hydrogens (primary N) is 2. The van der Waals surface area contributed by atoms with Crippen molar-refractivity contribution in [1.29, 1.82) is 0 Å². The zero-order valence-corrected chi connectivity index (χ0v) is 7.83. The summed E-state index contributed by atoms with van der Waals surface area (Å²) in [6.45, 7) is 2.11. The Morgan fingerprint density at radius 2 is 2.38 bits per heavy atom. The Hall–Kier alpha value is -1.13. The van der Waals surface area contributed by atoms with Crippen LogP contribution in [0, 0.1) is 0 Å². The smallest absolute Gasteiger partial charge is 0.128 e. The van der Waals surface area contributed by atoms with Crippen molar-refractivity contribution in [3.8, 4) is 0 Å². The van der Waals surface area contributed by atoms with Gasteiger partial charge in [0.2, 0.25) is 0 Å². The number of hydrogen-bond acceptors (Lipinski definition) is 4. The highest BCUT2D eigenvalue weighted by molar-refractivity contribution is 5.40. The van der Waals surface area contributed by atoms with Crippen LogP contribution in [0.3, 0.4) is 0 Å². The lowest BCUT2D eigenvalue weighted by Crippen LogP contribution is -2.28. The molecule has 5 N–H and O–H groups in total. The van der Waals surface area contributed by atoms with Gasteiger partial charge in [-0.25, -0.2) is 4.98 Å². The largest absolute Gasteiger partial charge is 0.383 e. The van der Waals surface area contributed by atoms with Gasteiger partial charge in [-0.15, -0.1) is 0 Å². The highest BCUT2D eigenvalue weighted by atomic mass is 15.2. The van der Waals surface area contributed by atoms with Gasteiger partial charge < -0.3 is 5.73 Å². The molecule has 1 heterocycles. The first-order valence-corrected chi connectivity index (χ1v) is 4.46. The van der Waals surface area contributed by atoms with E-state index in [4.69, 9.17) is 11.6 Å². The number of rotatable bonds is 4. The van der Waals surface area contributed by atoms with Crippen LogP contribution in [0.15, 0.2) is 18.3 Å². The number of pyridine rings is 1. The van der Waals surface area contributed by atoms with Crippen LogP contribution in [0.2, 0.25) is 0 Å². The Bertz CT molecular complexity index is 262. The molecule has 0 amide bonds. The van der Waals surface area contributed by atoms with Crippen LogP contribution in [-0.4, -0.2) is 4.98 Å². The molecule has 0 saturated carbocycles. The molecular formula is C9H16N4. The third-order valence-electron chi connectivity index (χ3n) is 2.03. The molecule has 13 heavy (non-hydrogen) atoms. The maximum absolute atomic E-state index is 5.72. The van der Waals surface area contributed by atoms with Gasteiger partial charge in [0.1, 0.15) is 5.82 Å². The van der Waals surface area contributed by atoms with E-state index in [0.717, 1.165) is 18.4 Å². The number of nitrogens with zero attached hydrogens (tertiary/aromatic N) is 1. The minimum absolute atomic E-state index is 0.110. The van der Waals surface area contributed by atoms with Crippen LogP contribution < -0.4 is 17.0 Å². The van der Waals surface area contributed by atoms with Gasteiger partial charge in [0, 0.05) is 17.8 Å². The van der Waals surface area contributed by atoms with Gasteiger partial charge in [-0.2, -0.15) is 0 Å². The number of nitrogen functional groups attached to an aromatic ring is 1. The quantitative estimate of drug-likeness (QED) is 0.476. The molecule has 0 aliphatic heterocycles. The number of nitrogens with one attached hydrogen (secondary N) is 1. The minimum atomic E-state index is 0.110. The van der Waals surface area contributed by atoms with E-state index in [1.807, 2.05) is 12.1 Å². The van der Waals surface area contributed by atoms with Gasteiger partial charge in [0.25, 0.3) is 0 Å². The summed E-state index contributed by atoms with van der Waals surface area (Å²) in [5.41, 5.74) is 9.44. The second-order valence-corrected chi connectivity index (χ2v) is 2.99. The van der Waals surface area contributed by atoms with Crippen molar-refractivity contribution in [1.82, 2.24) is 10.4 Å². The Kier molecular flexibility index (Phi) is 3.67. The Morgan fingerprint density at radius 1 is 1.62 bits per heavy atom. The maximum Gasteiger partial charge on any atom is 0.128 e. The minimum Gasteiger partial charge on any atom is -0.383 e. The van der Waals surface area contributed by atoms with E-state index in [-0.39, 0.29) is 6.04 Å². The molecular weight excluding hydrogens is 164 g/mol. The van der Waals surface area contributed by atoms with Crippen molar-refractivity contribution in [3.63, 3.8) is 0 Å². The Morgan fingerprint density at radius 3 is 2.92 bits per heavy atom. The van der Waals surface area contributed by atoms with Crippen LogP contribution in [0.5, 0.6) is 0 Å². The van der Waals surface area contributed by atoms with Crippen LogP contribution in [0.25, 0.3) is 0 Å². The predicted molar refractivity (Wildman–Crippen MR) is 53.6 cm³/mol. The Labute approximate surface area is 78.3 Å². The summed E-state index contributed by atoms with van der Waals surface area (Å²) < 4.78 is 0. The molecule has 1 unspecified atom stereocenters. The van der Waals surface area contributed by atoms with E-state index in [9.17, 15) is 0 Å². The first-order valence-electron chi connectivity index (χ1n) is 4.46. The zero-order valence-electron chi connectivity index (χ0n) is 7.83. The highest BCUT2D eigenvalue weighted by Gasteiger charge is 2.11. The van der Waals surface area contributed by atoms with Gasteiger partial charge in [-0.3, -0.25) is 11.3 Å². The SMILES string of the molecule is CCCC(NN)c1cccnc1N. The average Bonchev–Trinajstić information content (AvgIpc) is 2.16. The summed E-state index contributed by atoms with van der Waals surface area (Å²) in [4.78, 5) is 4.01. The van der Waals surface area contributed by atoms with Crippen LogP contribution >= 0.6 is 0 Å². The van der Waals surface area contributed by atoms with Crippen LogP contribution in [-0.2, 0) is 0 Å². The summed E-state index contributed by atoms with van der Waals surface area (Å²) >= 11 is 0. The monoisotopic (exact) mass is 180 g/mol. The van der Waals surface area contributed by atoms with Crippen molar-refractivity contribution in [3.05, 3.63) is 23.9 Å². The topological polar surface area (TPSA) is 77.0 Å². The summed E-state index contributed by atoms with van der Waals surface area (Å²) in [6.07, 6.45) is 3.70. The summed E-state index contributed by atoms with van der Waals surface area (Å²) in [7, 11) is 0. The molecule has 0 aliphatic rings. The third kappa shape index (κ3) is 2.40. The molecule has 0 spiro atoms. The van der Waals surface area contributed by atoms with E-state index in [2.05, 4.69) is 17.3 Å². The van der Waals surface area contributed by atoms with Crippen molar-refractivity contribution in [2.24, 2.45) is 5.84 Å². The van der Waals surface area contributed by atoms with E-state index in [1.165, 1.54) is 0 Å². The lowest BCUT2D eigenvalue weighted by Gasteiger charge is -2.16. The molecule has 1 aromatic heterocycles. The van der Waals surface area contributed by atoms with Crippen LogP contribution in [0.1, 0.15) is 31.4 Å². The summed E-state index contributed by atoms with van der Waals surface area (Å²) in [6, 6.07) is 3.92. The number of hydrazine groups is 1. The van der Waals surface area contributed by atoms with Gasteiger partial charge in [0.05, 0.1) is 0 Å².